The number of carbonyl (C=O) groups is 1. The number of amides is 1. The number of benzene rings is 3. The van der Waals surface area contributed by atoms with Gasteiger partial charge in [0, 0.05) is 16.5 Å². The smallest absolute Gasteiger partial charge is 0.258 e. The van der Waals surface area contributed by atoms with E-state index in [4.69, 9.17) is 11.6 Å². The van der Waals surface area contributed by atoms with Crippen LogP contribution in [0.25, 0.3) is 21.7 Å². The molecule has 4 aromatic rings. The summed E-state index contributed by atoms with van der Waals surface area (Å²) >= 11 is 7.56. The maximum absolute atomic E-state index is 12.9. The van der Waals surface area contributed by atoms with Gasteiger partial charge in [-0.1, -0.05) is 48.9 Å². The van der Waals surface area contributed by atoms with Crippen LogP contribution in [-0.2, 0) is 11.3 Å². The molecule has 7 heteroatoms. The molecule has 0 aliphatic carbocycles. The largest absolute Gasteiger partial charge is 0.335 e. The molecule has 0 radical (unpaired) electrons. The molecule has 1 heterocycles. The lowest BCUT2D eigenvalue weighted by atomic mass is 10.1. The van der Waals surface area contributed by atoms with Gasteiger partial charge in [0.15, 0.2) is 0 Å². The molecule has 0 bridgehead atoms. The zero-order valence-corrected chi connectivity index (χ0v) is 18.7. The third-order valence-corrected chi connectivity index (χ3v) is 6.20. The molecular formula is C24H22ClN3O2S. The Bertz CT molecular complexity index is 1300. The van der Waals surface area contributed by atoms with Crippen LogP contribution >= 0.6 is 23.4 Å². The highest BCUT2D eigenvalue weighted by Gasteiger charge is 2.16. The fourth-order valence-corrected chi connectivity index (χ4v) is 4.49. The van der Waals surface area contributed by atoms with Gasteiger partial charge in [0.25, 0.3) is 5.56 Å². The van der Waals surface area contributed by atoms with E-state index in [-0.39, 0.29) is 18.0 Å². The first kappa shape index (κ1) is 21.4. The minimum absolute atomic E-state index is 0.00819. The number of aromatic amines is 1. The first-order valence-corrected chi connectivity index (χ1v) is 11.5. The first-order chi connectivity index (χ1) is 15.0. The van der Waals surface area contributed by atoms with Crippen LogP contribution in [0.4, 0.5) is 0 Å². The van der Waals surface area contributed by atoms with Crippen molar-refractivity contribution in [3.63, 3.8) is 0 Å². The fraction of sp³-hybridized carbons (Fsp3) is 0.208. The molecule has 0 fully saturated rings. The van der Waals surface area contributed by atoms with E-state index < -0.39 is 0 Å². The molecule has 0 saturated carbocycles. The molecule has 0 aliphatic rings. The Hall–Kier alpha value is -2.83. The number of H-pyrrole nitrogens is 1. The van der Waals surface area contributed by atoms with Crippen LogP contribution in [0.5, 0.6) is 0 Å². The highest BCUT2D eigenvalue weighted by Crippen LogP contribution is 2.24. The molecule has 0 unspecified atom stereocenters. The van der Waals surface area contributed by atoms with Crippen molar-refractivity contribution in [2.24, 2.45) is 0 Å². The SMILES string of the molecule is CCCN(Cc1nc2cc(Cl)ccc2c(=O)[nH]1)C(=O)CSc1ccc2ccccc2c1. The second-order valence-corrected chi connectivity index (χ2v) is 8.77. The van der Waals surface area contributed by atoms with Gasteiger partial charge in [-0.3, -0.25) is 9.59 Å². The van der Waals surface area contributed by atoms with E-state index in [9.17, 15) is 9.59 Å². The molecule has 1 aromatic heterocycles. The minimum atomic E-state index is -0.230. The summed E-state index contributed by atoms with van der Waals surface area (Å²) in [5.74, 6) is 0.785. The van der Waals surface area contributed by atoms with Gasteiger partial charge in [0.2, 0.25) is 5.91 Å². The standard InChI is InChI=1S/C24H22ClN3O2S/c1-2-11-28(14-22-26-21-13-18(25)8-10-20(21)24(30)27-22)23(29)15-31-19-9-7-16-5-3-4-6-17(16)12-19/h3-10,12-13H,2,11,14-15H2,1H3,(H,26,27,30). The van der Waals surface area contributed by atoms with Crippen LogP contribution in [0.15, 0.2) is 70.4 Å². The zero-order chi connectivity index (χ0) is 21.8. The number of hydrogen-bond acceptors (Lipinski definition) is 4. The quantitative estimate of drug-likeness (QED) is 0.389. The van der Waals surface area contributed by atoms with Crippen molar-refractivity contribution >= 4 is 50.9 Å². The molecule has 0 aliphatic heterocycles. The van der Waals surface area contributed by atoms with Crippen molar-refractivity contribution in [2.45, 2.75) is 24.8 Å². The molecule has 0 saturated heterocycles. The average Bonchev–Trinajstić information content (AvgIpc) is 2.76. The number of fused-ring (bicyclic) bond motifs is 2. The van der Waals surface area contributed by atoms with Crippen molar-refractivity contribution in [3.8, 4) is 0 Å². The van der Waals surface area contributed by atoms with Crippen LogP contribution < -0.4 is 5.56 Å². The normalized spacial score (nSPS) is 11.2. The number of nitrogens with one attached hydrogen (secondary N) is 1. The molecule has 1 amide bonds. The van der Waals surface area contributed by atoms with E-state index in [1.807, 2.05) is 25.1 Å². The number of carbonyl (C=O) groups excluding carboxylic acids is 1. The van der Waals surface area contributed by atoms with Gasteiger partial charge in [-0.2, -0.15) is 0 Å². The highest BCUT2D eigenvalue weighted by atomic mass is 35.5. The first-order valence-electron chi connectivity index (χ1n) is 10.1. The zero-order valence-electron chi connectivity index (χ0n) is 17.1. The minimum Gasteiger partial charge on any atom is -0.335 e. The van der Waals surface area contributed by atoms with Crippen LogP contribution in [0, 0.1) is 0 Å². The summed E-state index contributed by atoms with van der Waals surface area (Å²) in [5.41, 5.74) is 0.298. The van der Waals surface area contributed by atoms with E-state index >= 15 is 0 Å². The van der Waals surface area contributed by atoms with Crippen molar-refractivity contribution in [1.29, 1.82) is 0 Å². The predicted molar refractivity (Wildman–Crippen MR) is 128 cm³/mol. The summed E-state index contributed by atoms with van der Waals surface area (Å²) < 4.78 is 0. The molecular weight excluding hydrogens is 430 g/mol. The van der Waals surface area contributed by atoms with Gasteiger partial charge in [-0.25, -0.2) is 4.98 Å². The highest BCUT2D eigenvalue weighted by molar-refractivity contribution is 8.00. The van der Waals surface area contributed by atoms with Gasteiger partial charge >= 0.3 is 0 Å². The molecule has 1 N–H and O–H groups in total. The van der Waals surface area contributed by atoms with E-state index in [0.717, 1.165) is 16.7 Å². The summed E-state index contributed by atoms with van der Waals surface area (Å²) in [7, 11) is 0. The Kier molecular flexibility index (Phi) is 6.59. The second-order valence-electron chi connectivity index (χ2n) is 7.29. The summed E-state index contributed by atoms with van der Waals surface area (Å²) in [4.78, 5) is 35.4. The van der Waals surface area contributed by atoms with Crippen molar-refractivity contribution in [1.82, 2.24) is 14.9 Å². The van der Waals surface area contributed by atoms with Crippen LogP contribution in [0.2, 0.25) is 5.02 Å². The fourth-order valence-electron chi connectivity index (χ4n) is 3.47. The summed E-state index contributed by atoms with van der Waals surface area (Å²) in [6.45, 7) is 2.87. The molecule has 3 aromatic carbocycles. The number of thioether (sulfide) groups is 1. The molecule has 0 atom stereocenters. The van der Waals surface area contributed by atoms with Crippen LogP contribution in [0.3, 0.4) is 0 Å². The number of rotatable bonds is 7. The van der Waals surface area contributed by atoms with Gasteiger partial charge in [0.05, 0.1) is 23.2 Å². The third kappa shape index (κ3) is 5.09. The lowest BCUT2D eigenvalue weighted by Gasteiger charge is -2.21. The van der Waals surface area contributed by atoms with E-state index in [2.05, 4.69) is 34.2 Å². The number of aromatic nitrogens is 2. The Morgan fingerprint density at radius 3 is 2.71 bits per heavy atom. The molecule has 31 heavy (non-hydrogen) atoms. The maximum Gasteiger partial charge on any atom is 0.258 e. The van der Waals surface area contributed by atoms with E-state index in [1.165, 1.54) is 17.1 Å². The van der Waals surface area contributed by atoms with Gasteiger partial charge in [-0.15, -0.1) is 11.8 Å². The second kappa shape index (κ2) is 9.54. The molecule has 4 rings (SSSR count). The van der Waals surface area contributed by atoms with E-state index in [0.29, 0.717) is 34.0 Å². The predicted octanol–water partition coefficient (Wildman–Crippen LogP) is 5.26. The van der Waals surface area contributed by atoms with Crippen LogP contribution in [-0.4, -0.2) is 33.1 Å². The number of hydrogen-bond donors (Lipinski definition) is 1. The van der Waals surface area contributed by atoms with Crippen molar-refractivity contribution in [2.75, 3.05) is 12.3 Å². The Labute approximate surface area is 189 Å². The molecule has 5 nitrogen and oxygen atoms in total. The molecule has 158 valence electrons. The van der Waals surface area contributed by atoms with E-state index in [1.54, 1.807) is 23.1 Å². The van der Waals surface area contributed by atoms with Crippen molar-refractivity contribution in [3.05, 3.63) is 81.9 Å². The van der Waals surface area contributed by atoms with Crippen molar-refractivity contribution < 1.29 is 4.79 Å². The third-order valence-electron chi connectivity index (χ3n) is 4.99. The summed E-state index contributed by atoms with van der Waals surface area (Å²) in [6, 6.07) is 19.4. The monoisotopic (exact) mass is 451 g/mol. The lowest BCUT2D eigenvalue weighted by molar-refractivity contribution is -0.129. The Morgan fingerprint density at radius 2 is 1.90 bits per heavy atom. The van der Waals surface area contributed by atoms with Gasteiger partial charge in [0.1, 0.15) is 5.82 Å². The van der Waals surface area contributed by atoms with Gasteiger partial charge < -0.3 is 9.88 Å². The number of nitrogens with zero attached hydrogens (tertiary/aromatic N) is 2. The Morgan fingerprint density at radius 1 is 1.10 bits per heavy atom. The number of halogens is 1. The van der Waals surface area contributed by atoms with Crippen LogP contribution in [0.1, 0.15) is 19.2 Å². The topological polar surface area (TPSA) is 66.1 Å². The summed E-state index contributed by atoms with van der Waals surface area (Å²) in [5, 5.41) is 3.33. The summed E-state index contributed by atoms with van der Waals surface area (Å²) in [6.07, 6.45) is 0.815. The lowest BCUT2D eigenvalue weighted by Crippen LogP contribution is -2.34. The maximum atomic E-state index is 12.9. The molecule has 0 spiro atoms. The Balaban J connectivity index is 1.49. The average molecular weight is 452 g/mol. The van der Waals surface area contributed by atoms with Gasteiger partial charge in [-0.05, 0) is 47.5 Å².